The summed E-state index contributed by atoms with van der Waals surface area (Å²) in [6.45, 7) is 0. The number of ether oxygens (including phenoxy) is 1. The third-order valence-electron chi connectivity index (χ3n) is 3.15. The van der Waals surface area contributed by atoms with Gasteiger partial charge in [0.2, 0.25) is 0 Å². The molecule has 0 radical (unpaired) electrons. The fraction of sp³-hybridized carbons (Fsp3) is 0.250. The van der Waals surface area contributed by atoms with Crippen molar-refractivity contribution in [3.05, 3.63) is 64.7 Å². The number of rotatable bonds is 5. The van der Waals surface area contributed by atoms with Crippen LogP contribution in [0.25, 0.3) is 0 Å². The summed E-state index contributed by atoms with van der Waals surface area (Å²) < 4.78 is 5.24. The highest BCUT2D eigenvalue weighted by atomic mass is 35.5. The van der Waals surface area contributed by atoms with Gasteiger partial charge in [-0.2, -0.15) is 0 Å². The molecule has 0 fully saturated rings. The Hall–Kier alpha value is -1.18. The molecule has 0 aromatic heterocycles. The molecule has 1 unspecified atom stereocenters. The van der Waals surface area contributed by atoms with Crippen LogP contribution in [0.4, 0.5) is 0 Å². The lowest BCUT2D eigenvalue weighted by Gasteiger charge is -2.16. The Balaban J connectivity index is 2.21. The highest BCUT2D eigenvalue weighted by Crippen LogP contribution is 2.29. The second kappa shape index (κ2) is 6.83. The van der Waals surface area contributed by atoms with E-state index in [2.05, 4.69) is 6.07 Å². The minimum atomic E-state index is 0.211. The van der Waals surface area contributed by atoms with Crippen molar-refractivity contribution in [1.29, 1.82) is 0 Å². The molecule has 1 atom stereocenters. The molecule has 0 aliphatic heterocycles. The van der Waals surface area contributed by atoms with Gasteiger partial charge in [0.05, 0.1) is 7.11 Å². The summed E-state index contributed by atoms with van der Waals surface area (Å²) in [5.74, 6) is 1.62. The van der Waals surface area contributed by atoms with E-state index in [1.54, 1.807) is 7.11 Å². The molecule has 2 aromatic rings. The topological polar surface area (TPSA) is 9.23 Å². The van der Waals surface area contributed by atoms with Crippen molar-refractivity contribution in [2.45, 2.75) is 12.3 Å². The molecule has 0 spiro atoms. The summed E-state index contributed by atoms with van der Waals surface area (Å²) in [5.41, 5.74) is 2.30. The van der Waals surface area contributed by atoms with Crippen molar-refractivity contribution >= 4 is 23.2 Å². The van der Waals surface area contributed by atoms with Crippen molar-refractivity contribution in [1.82, 2.24) is 0 Å². The molecule has 0 bridgehead atoms. The zero-order valence-corrected chi connectivity index (χ0v) is 12.3. The fourth-order valence-electron chi connectivity index (χ4n) is 2.14. The molecular formula is C16H16Cl2O. The number of alkyl halides is 1. The van der Waals surface area contributed by atoms with E-state index in [4.69, 9.17) is 27.9 Å². The predicted molar refractivity (Wildman–Crippen MR) is 81.6 cm³/mol. The van der Waals surface area contributed by atoms with Gasteiger partial charge >= 0.3 is 0 Å². The first kappa shape index (κ1) is 14.2. The maximum atomic E-state index is 6.24. The molecule has 0 amide bonds. The molecular weight excluding hydrogens is 279 g/mol. The second-order valence-corrected chi connectivity index (χ2v) is 5.14. The first-order valence-corrected chi connectivity index (χ1v) is 7.09. The summed E-state index contributed by atoms with van der Waals surface area (Å²) in [7, 11) is 1.67. The summed E-state index contributed by atoms with van der Waals surface area (Å²) in [4.78, 5) is 0. The van der Waals surface area contributed by atoms with Crippen LogP contribution in [0.1, 0.15) is 17.0 Å². The van der Waals surface area contributed by atoms with Gasteiger partial charge in [-0.25, -0.2) is 0 Å². The van der Waals surface area contributed by atoms with Crippen LogP contribution in [0.5, 0.6) is 5.75 Å². The van der Waals surface area contributed by atoms with Gasteiger partial charge in [-0.1, -0.05) is 41.9 Å². The molecule has 0 N–H and O–H groups in total. The quantitative estimate of drug-likeness (QED) is 0.712. The zero-order valence-electron chi connectivity index (χ0n) is 10.8. The first-order chi connectivity index (χ1) is 9.24. The Morgan fingerprint density at radius 3 is 2.58 bits per heavy atom. The third kappa shape index (κ3) is 3.65. The number of hydrogen-bond acceptors (Lipinski definition) is 1. The van der Waals surface area contributed by atoms with Gasteiger partial charge in [-0.15, -0.1) is 11.6 Å². The van der Waals surface area contributed by atoms with E-state index < -0.39 is 0 Å². The lowest BCUT2D eigenvalue weighted by atomic mass is 9.93. The summed E-state index contributed by atoms with van der Waals surface area (Å²) in [6.07, 6.45) is 0.852. The second-order valence-electron chi connectivity index (χ2n) is 4.43. The molecule has 0 aliphatic carbocycles. The molecule has 19 heavy (non-hydrogen) atoms. The Labute approximate surface area is 124 Å². The molecule has 100 valence electrons. The van der Waals surface area contributed by atoms with Crippen molar-refractivity contribution in [3.63, 3.8) is 0 Å². The smallest absolute Gasteiger partial charge is 0.119 e. The number of hydrogen-bond donors (Lipinski definition) is 0. The van der Waals surface area contributed by atoms with Crippen molar-refractivity contribution in [3.8, 4) is 5.75 Å². The van der Waals surface area contributed by atoms with Gasteiger partial charge in [-0.3, -0.25) is 0 Å². The van der Waals surface area contributed by atoms with Crippen LogP contribution in [0, 0.1) is 0 Å². The van der Waals surface area contributed by atoms with Crippen LogP contribution in [-0.4, -0.2) is 13.0 Å². The number of benzene rings is 2. The van der Waals surface area contributed by atoms with Crippen LogP contribution >= 0.6 is 23.2 Å². The van der Waals surface area contributed by atoms with E-state index in [1.807, 2.05) is 42.5 Å². The fourth-order valence-corrected chi connectivity index (χ4v) is 2.70. The van der Waals surface area contributed by atoms with Crippen molar-refractivity contribution in [2.24, 2.45) is 0 Å². The highest BCUT2D eigenvalue weighted by molar-refractivity contribution is 6.31. The Bertz CT molecular complexity index is 540. The molecule has 0 aliphatic rings. The van der Waals surface area contributed by atoms with Gasteiger partial charge in [0, 0.05) is 16.8 Å². The van der Waals surface area contributed by atoms with Crippen LogP contribution < -0.4 is 4.74 Å². The van der Waals surface area contributed by atoms with Crippen molar-refractivity contribution in [2.75, 3.05) is 13.0 Å². The standard InChI is InChI=1S/C16H16Cl2O/c1-19-14-6-4-5-12(10-14)9-13(11-17)15-7-2-3-8-16(15)18/h2-8,10,13H,9,11H2,1H3. The molecule has 1 nitrogen and oxygen atoms in total. The van der Waals surface area contributed by atoms with E-state index in [0.29, 0.717) is 5.88 Å². The number of halogens is 2. The van der Waals surface area contributed by atoms with Gasteiger partial charge in [0.1, 0.15) is 5.75 Å². The van der Waals surface area contributed by atoms with Gasteiger partial charge < -0.3 is 4.74 Å². The molecule has 0 saturated heterocycles. The van der Waals surface area contributed by atoms with Crippen LogP contribution in [0.3, 0.4) is 0 Å². The average Bonchev–Trinajstić information content (AvgIpc) is 2.46. The maximum absolute atomic E-state index is 6.24. The molecule has 2 aromatic carbocycles. The minimum absolute atomic E-state index is 0.211. The largest absolute Gasteiger partial charge is 0.497 e. The van der Waals surface area contributed by atoms with Crippen LogP contribution in [0.2, 0.25) is 5.02 Å². The third-order valence-corrected chi connectivity index (χ3v) is 3.86. The maximum Gasteiger partial charge on any atom is 0.119 e. The SMILES string of the molecule is COc1cccc(CC(CCl)c2ccccc2Cl)c1. The predicted octanol–water partition coefficient (Wildman–Crippen LogP) is 4.91. The first-order valence-electron chi connectivity index (χ1n) is 6.18. The summed E-state index contributed by atoms with van der Waals surface area (Å²) in [5, 5.41) is 0.774. The lowest BCUT2D eigenvalue weighted by Crippen LogP contribution is -2.05. The monoisotopic (exact) mass is 294 g/mol. The molecule has 2 rings (SSSR count). The average molecular weight is 295 g/mol. The van der Waals surface area contributed by atoms with Gasteiger partial charge in [0.25, 0.3) is 0 Å². The van der Waals surface area contributed by atoms with E-state index in [-0.39, 0.29) is 5.92 Å². The lowest BCUT2D eigenvalue weighted by molar-refractivity contribution is 0.414. The van der Waals surface area contributed by atoms with Gasteiger partial charge in [-0.05, 0) is 35.7 Å². The summed E-state index contributed by atoms with van der Waals surface area (Å²) >= 11 is 12.3. The Kier molecular flexibility index (Phi) is 5.12. The highest BCUT2D eigenvalue weighted by Gasteiger charge is 2.14. The minimum Gasteiger partial charge on any atom is -0.497 e. The van der Waals surface area contributed by atoms with Crippen LogP contribution in [0.15, 0.2) is 48.5 Å². The molecule has 0 heterocycles. The van der Waals surface area contributed by atoms with Crippen molar-refractivity contribution < 1.29 is 4.74 Å². The van der Waals surface area contributed by atoms with Gasteiger partial charge in [0.15, 0.2) is 0 Å². The normalized spacial score (nSPS) is 12.2. The van der Waals surface area contributed by atoms with E-state index >= 15 is 0 Å². The molecule has 0 saturated carbocycles. The van der Waals surface area contributed by atoms with E-state index in [0.717, 1.165) is 22.8 Å². The van der Waals surface area contributed by atoms with E-state index in [9.17, 15) is 0 Å². The zero-order chi connectivity index (χ0) is 13.7. The Morgan fingerprint density at radius 2 is 1.89 bits per heavy atom. The summed E-state index contributed by atoms with van der Waals surface area (Å²) in [6, 6.07) is 15.9. The van der Waals surface area contributed by atoms with Crippen LogP contribution in [-0.2, 0) is 6.42 Å². The van der Waals surface area contributed by atoms with E-state index in [1.165, 1.54) is 5.56 Å². The Morgan fingerprint density at radius 1 is 1.11 bits per heavy atom. The molecule has 3 heteroatoms. The number of methoxy groups -OCH3 is 1.